The molecule has 4 rings (SSSR count). The normalized spacial score (nSPS) is 16.4. The van der Waals surface area contributed by atoms with Crippen molar-refractivity contribution >= 4 is 11.9 Å². The Morgan fingerprint density at radius 1 is 1.38 bits per heavy atom. The van der Waals surface area contributed by atoms with Gasteiger partial charge in [-0.2, -0.15) is 4.98 Å². The molecule has 1 N–H and O–H groups in total. The van der Waals surface area contributed by atoms with E-state index in [0.717, 1.165) is 38.4 Å². The number of carbonyl (C=O) groups is 1. The van der Waals surface area contributed by atoms with Crippen molar-refractivity contribution in [2.24, 2.45) is 0 Å². The van der Waals surface area contributed by atoms with Gasteiger partial charge in [0.15, 0.2) is 0 Å². The fourth-order valence-corrected chi connectivity index (χ4v) is 2.86. The quantitative estimate of drug-likeness (QED) is 0.931. The number of carbonyl (C=O) groups excluding carboxylic acids is 1. The van der Waals surface area contributed by atoms with Crippen molar-refractivity contribution in [1.82, 2.24) is 19.7 Å². The highest BCUT2D eigenvalue weighted by Crippen LogP contribution is 2.30. The number of aryl methyl sites for hydroxylation is 1. The standard InChI is InChI=1S/C16H17F2N5O/c17-11-3-2-10(13(18)8-11)9-22(12-4-5-12)15(24)14-20-16-19-6-1-7-23(16)21-14/h2-3,8,12H,1,4-7,9H2,(H,19,20,21). The lowest BCUT2D eigenvalue weighted by Crippen LogP contribution is -2.33. The number of fused-ring (bicyclic) bond motifs is 1. The maximum absolute atomic E-state index is 13.9. The van der Waals surface area contributed by atoms with E-state index in [0.29, 0.717) is 11.5 Å². The summed E-state index contributed by atoms with van der Waals surface area (Å²) in [7, 11) is 0. The number of hydrogen-bond donors (Lipinski definition) is 1. The molecule has 0 saturated heterocycles. The zero-order chi connectivity index (χ0) is 16.7. The van der Waals surface area contributed by atoms with Crippen LogP contribution in [0.5, 0.6) is 0 Å². The van der Waals surface area contributed by atoms with Gasteiger partial charge < -0.3 is 10.2 Å². The van der Waals surface area contributed by atoms with Crippen LogP contribution in [0.15, 0.2) is 18.2 Å². The van der Waals surface area contributed by atoms with Crippen LogP contribution in [0.4, 0.5) is 14.7 Å². The Labute approximate surface area is 137 Å². The number of nitrogens with zero attached hydrogens (tertiary/aromatic N) is 4. The van der Waals surface area contributed by atoms with Crippen LogP contribution >= 0.6 is 0 Å². The molecule has 1 amide bonds. The fraction of sp³-hybridized carbons (Fsp3) is 0.438. The third-order valence-corrected chi connectivity index (χ3v) is 4.30. The van der Waals surface area contributed by atoms with Gasteiger partial charge in [-0.15, -0.1) is 5.10 Å². The molecule has 1 aromatic heterocycles. The van der Waals surface area contributed by atoms with Crippen LogP contribution in [-0.2, 0) is 13.1 Å². The fourth-order valence-electron chi connectivity index (χ4n) is 2.86. The van der Waals surface area contributed by atoms with Crippen molar-refractivity contribution in [3.05, 3.63) is 41.2 Å². The first-order chi connectivity index (χ1) is 11.6. The molecule has 1 fully saturated rings. The number of benzene rings is 1. The third-order valence-electron chi connectivity index (χ3n) is 4.30. The first kappa shape index (κ1) is 15.0. The van der Waals surface area contributed by atoms with Crippen molar-refractivity contribution in [1.29, 1.82) is 0 Å². The Morgan fingerprint density at radius 3 is 2.92 bits per heavy atom. The smallest absolute Gasteiger partial charge is 0.294 e. The van der Waals surface area contributed by atoms with Gasteiger partial charge in [-0.1, -0.05) is 6.07 Å². The monoisotopic (exact) mass is 333 g/mol. The van der Waals surface area contributed by atoms with Crippen LogP contribution in [0.25, 0.3) is 0 Å². The molecular formula is C16H17F2N5O. The second-order valence-electron chi connectivity index (χ2n) is 6.16. The van der Waals surface area contributed by atoms with Crippen molar-refractivity contribution < 1.29 is 13.6 Å². The highest BCUT2D eigenvalue weighted by molar-refractivity contribution is 5.91. The SMILES string of the molecule is O=C(c1nc2n(n1)CCCN2)N(Cc1ccc(F)cc1F)C1CC1. The van der Waals surface area contributed by atoms with Crippen molar-refractivity contribution in [2.45, 2.75) is 38.4 Å². The number of rotatable bonds is 4. The maximum Gasteiger partial charge on any atom is 0.294 e. The molecule has 6 nitrogen and oxygen atoms in total. The zero-order valence-electron chi connectivity index (χ0n) is 13.0. The molecule has 24 heavy (non-hydrogen) atoms. The molecule has 2 aliphatic rings. The van der Waals surface area contributed by atoms with Crippen molar-refractivity contribution in [3.63, 3.8) is 0 Å². The van der Waals surface area contributed by atoms with Gasteiger partial charge in [0.25, 0.3) is 5.91 Å². The number of nitrogens with one attached hydrogen (secondary N) is 1. The van der Waals surface area contributed by atoms with Gasteiger partial charge in [-0.3, -0.25) is 4.79 Å². The topological polar surface area (TPSA) is 63.1 Å². The van der Waals surface area contributed by atoms with E-state index in [1.54, 1.807) is 9.58 Å². The molecular weight excluding hydrogens is 316 g/mol. The van der Waals surface area contributed by atoms with E-state index in [1.807, 2.05) is 0 Å². The minimum Gasteiger partial charge on any atom is -0.354 e. The van der Waals surface area contributed by atoms with Crippen LogP contribution in [0.1, 0.15) is 35.4 Å². The third kappa shape index (κ3) is 2.83. The molecule has 0 atom stereocenters. The molecule has 0 spiro atoms. The molecule has 2 heterocycles. The second-order valence-corrected chi connectivity index (χ2v) is 6.16. The van der Waals surface area contributed by atoms with E-state index in [9.17, 15) is 13.6 Å². The lowest BCUT2D eigenvalue weighted by molar-refractivity contribution is 0.0715. The zero-order valence-corrected chi connectivity index (χ0v) is 13.0. The highest BCUT2D eigenvalue weighted by Gasteiger charge is 2.35. The van der Waals surface area contributed by atoms with E-state index >= 15 is 0 Å². The van der Waals surface area contributed by atoms with Gasteiger partial charge in [0, 0.05) is 37.3 Å². The molecule has 0 radical (unpaired) electrons. The predicted octanol–water partition coefficient (Wildman–Crippen LogP) is 2.18. The van der Waals surface area contributed by atoms with E-state index in [4.69, 9.17) is 0 Å². The van der Waals surface area contributed by atoms with Crippen LogP contribution < -0.4 is 5.32 Å². The van der Waals surface area contributed by atoms with Crippen LogP contribution in [0, 0.1) is 11.6 Å². The van der Waals surface area contributed by atoms with Gasteiger partial charge in [0.2, 0.25) is 11.8 Å². The lowest BCUT2D eigenvalue weighted by atomic mass is 10.2. The second kappa shape index (κ2) is 5.85. The summed E-state index contributed by atoms with van der Waals surface area (Å²) in [6, 6.07) is 3.48. The predicted molar refractivity (Wildman–Crippen MR) is 82.4 cm³/mol. The molecule has 1 saturated carbocycles. The first-order valence-electron chi connectivity index (χ1n) is 8.05. The summed E-state index contributed by atoms with van der Waals surface area (Å²) in [5.41, 5.74) is 0.291. The van der Waals surface area contributed by atoms with Crippen LogP contribution in [-0.4, -0.2) is 38.2 Å². The number of anilines is 1. The highest BCUT2D eigenvalue weighted by atomic mass is 19.1. The minimum atomic E-state index is -0.646. The van der Waals surface area contributed by atoms with Crippen molar-refractivity contribution in [3.8, 4) is 0 Å². The molecule has 1 aliphatic heterocycles. The van der Waals surface area contributed by atoms with Gasteiger partial charge in [0.05, 0.1) is 0 Å². The Hall–Kier alpha value is -2.51. The summed E-state index contributed by atoms with van der Waals surface area (Å²) in [5, 5.41) is 7.36. The van der Waals surface area contributed by atoms with Crippen molar-refractivity contribution in [2.75, 3.05) is 11.9 Å². The maximum atomic E-state index is 13.9. The molecule has 1 aliphatic carbocycles. The summed E-state index contributed by atoms with van der Waals surface area (Å²) >= 11 is 0. The molecule has 1 aromatic carbocycles. The largest absolute Gasteiger partial charge is 0.354 e. The summed E-state index contributed by atoms with van der Waals surface area (Å²) in [6.07, 6.45) is 2.68. The van der Waals surface area contributed by atoms with Crippen LogP contribution in [0.2, 0.25) is 0 Å². The number of amides is 1. The first-order valence-corrected chi connectivity index (χ1v) is 8.05. The van der Waals surface area contributed by atoms with Gasteiger partial charge >= 0.3 is 0 Å². The number of halogens is 2. The Balaban J connectivity index is 1.58. The lowest BCUT2D eigenvalue weighted by Gasteiger charge is -2.21. The van der Waals surface area contributed by atoms with E-state index in [1.165, 1.54) is 12.1 Å². The Kier molecular flexibility index (Phi) is 3.66. The average Bonchev–Trinajstić information content (AvgIpc) is 3.31. The van der Waals surface area contributed by atoms with Crippen LogP contribution in [0.3, 0.4) is 0 Å². The van der Waals surface area contributed by atoms with Gasteiger partial charge in [-0.05, 0) is 25.3 Å². The summed E-state index contributed by atoms with van der Waals surface area (Å²) < 4.78 is 28.7. The van der Waals surface area contributed by atoms with E-state index < -0.39 is 11.6 Å². The van der Waals surface area contributed by atoms with E-state index in [-0.39, 0.29) is 24.3 Å². The summed E-state index contributed by atoms with van der Waals surface area (Å²) in [4.78, 5) is 18.6. The molecule has 0 bridgehead atoms. The summed E-state index contributed by atoms with van der Waals surface area (Å²) in [5.74, 6) is -0.880. The number of hydrogen-bond acceptors (Lipinski definition) is 4. The van der Waals surface area contributed by atoms with Gasteiger partial charge in [-0.25, -0.2) is 13.5 Å². The molecule has 0 unspecified atom stereocenters. The Bertz CT molecular complexity index is 763. The molecule has 126 valence electrons. The minimum absolute atomic E-state index is 0.0652. The molecule has 2 aromatic rings. The number of aromatic nitrogens is 3. The average molecular weight is 333 g/mol. The summed E-state index contributed by atoms with van der Waals surface area (Å²) in [6.45, 7) is 1.62. The Morgan fingerprint density at radius 2 is 2.21 bits per heavy atom. The van der Waals surface area contributed by atoms with Gasteiger partial charge in [0.1, 0.15) is 11.6 Å². The molecule has 8 heteroatoms. The van der Waals surface area contributed by atoms with E-state index in [2.05, 4.69) is 15.4 Å².